The zero-order valence-electron chi connectivity index (χ0n) is 18.7. The Morgan fingerprint density at radius 2 is 1.71 bits per heavy atom. The van der Waals surface area contributed by atoms with E-state index in [9.17, 15) is 9.59 Å². The highest BCUT2D eigenvalue weighted by Gasteiger charge is 2.40. The van der Waals surface area contributed by atoms with E-state index >= 15 is 0 Å². The largest absolute Gasteiger partial charge is 0.486 e. The maximum absolute atomic E-state index is 12.9. The number of aromatic nitrogens is 2. The molecule has 0 bridgehead atoms. The van der Waals surface area contributed by atoms with Crippen LogP contribution in [0.15, 0.2) is 48.5 Å². The lowest BCUT2D eigenvalue weighted by molar-refractivity contribution is -0.181. The molecule has 2 aliphatic rings. The molecule has 5 rings (SSSR count). The van der Waals surface area contributed by atoms with Gasteiger partial charge in [-0.1, -0.05) is 22.9 Å². The number of amides is 2. The van der Waals surface area contributed by atoms with Crippen LogP contribution >= 0.6 is 22.9 Å². The average molecular weight is 515 g/mol. The Bertz CT molecular complexity index is 1190. The van der Waals surface area contributed by atoms with Crippen LogP contribution in [0.3, 0.4) is 0 Å². The first kappa shape index (κ1) is 23.7. The summed E-state index contributed by atoms with van der Waals surface area (Å²) < 4.78 is 17.1. The van der Waals surface area contributed by atoms with Crippen LogP contribution in [-0.4, -0.2) is 59.0 Å². The van der Waals surface area contributed by atoms with Crippen LogP contribution in [0.25, 0.3) is 0 Å². The molecule has 2 amide bonds. The van der Waals surface area contributed by atoms with Crippen molar-refractivity contribution in [1.29, 1.82) is 0 Å². The Balaban J connectivity index is 1.13. The molecular formula is C24H23ClN4O5S. The van der Waals surface area contributed by atoms with Crippen molar-refractivity contribution in [3.8, 4) is 5.75 Å². The van der Waals surface area contributed by atoms with Crippen LogP contribution in [-0.2, 0) is 16.1 Å². The lowest BCUT2D eigenvalue weighted by Gasteiger charge is -2.37. The van der Waals surface area contributed by atoms with E-state index in [4.69, 9.17) is 25.8 Å². The number of hydrogen-bond acceptors (Lipinski definition) is 8. The molecule has 182 valence electrons. The molecule has 2 aliphatic heterocycles. The second kappa shape index (κ2) is 10.3. The van der Waals surface area contributed by atoms with Crippen molar-refractivity contribution in [2.45, 2.75) is 25.2 Å². The molecule has 0 aliphatic carbocycles. The standard InChI is InChI=1S/C24H23ClN4O5S/c25-17-3-7-19(8-4-17)32-15-20-27-28-22(35-20)21(30)26-18-5-1-16(2-6-18)23(31)29-11-9-24(10-12-29)33-13-14-34-24/h1-8H,9-15H2,(H,26,30). The highest BCUT2D eigenvalue weighted by atomic mass is 35.5. The summed E-state index contributed by atoms with van der Waals surface area (Å²) in [5, 5.41) is 12.2. The van der Waals surface area contributed by atoms with Gasteiger partial charge in [0.1, 0.15) is 12.4 Å². The molecule has 2 saturated heterocycles. The van der Waals surface area contributed by atoms with Gasteiger partial charge in [0.2, 0.25) is 5.01 Å². The third kappa shape index (κ3) is 5.62. The Morgan fingerprint density at radius 3 is 2.40 bits per heavy atom. The van der Waals surface area contributed by atoms with Crippen molar-refractivity contribution in [3.05, 3.63) is 69.1 Å². The van der Waals surface area contributed by atoms with Gasteiger partial charge < -0.3 is 24.4 Å². The van der Waals surface area contributed by atoms with Gasteiger partial charge >= 0.3 is 0 Å². The monoisotopic (exact) mass is 514 g/mol. The minimum Gasteiger partial charge on any atom is -0.486 e. The molecule has 1 aromatic heterocycles. The molecule has 2 aromatic carbocycles. The number of rotatable bonds is 6. The van der Waals surface area contributed by atoms with Crippen LogP contribution in [0.1, 0.15) is 38.0 Å². The van der Waals surface area contributed by atoms with E-state index in [1.807, 2.05) is 0 Å². The summed E-state index contributed by atoms with van der Waals surface area (Å²) in [5.41, 5.74) is 1.12. The van der Waals surface area contributed by atoms with Crippen LogP contribution in [0.5, 0.6) is 5.75 Å². The quantitative estimate of drug-likeness (QED) is 0.530. The van der Waals surface area contributed by atoms with Crippen molar-refractivity contribution in [3.63, 3.8) is 0 Å². The van der Waals surface area contributed by atoms with Gasteiger partial charge in [0.15, 0.2) is 10.8 Å². The van der Waals surface area contributed by atoms with E-state index in [0.717, 1.165) is 11.3 Å². The first-order chi connectivity index (χ1) is 17.0. The lowest BCUT2D eigenvalue weighted by Crippen LogP contribution is -2.47. The van der Waals surface area contributed by atoms with Crippen molar-refractivity contribution < 1.29 is 23.8 Å². The molecule has 0 saturated carbocycles. The Morgan fingerprint density at radius 1 is 1.03 bits per heavy atom. The summed E-state index contributed by atoms with van der Waals surface area (Å²) in [6.07, 6.45) is 1.34. The first-order valence-electron chi connectivity index (χ1n) is 11.2. The fourth-order valence-corrected chi connectivity index (χ4v) is 4.75. The molecule has 0 unspecified atom stereocenters. The van der Waals surface area contributed by atoms with Gasteiger partial charge in [-0.25, -0.2) is 0 Å². The Kier molecular flexibility index (Phi) is 6.96. The molecule has 3 heterocycles. The van der Waals surface area contributed by atoms with E-state index in [2.05, 4.69) is 15.5 Å². The third-order valence-electron chi connectivity index (χ3n) is 5.85. The molecular weight excluding hydrogens is 492 g/mol. The Hall–Kier alpha value is -3.05. The predicted molar refractivity (Wildman–Crippen MR) is 130 cm³/mol. The number of carbonyl (C=O) groups is 2. The fourth-order valence-electron chi connectivity index (χ4n) is 3.98. The summed E-state index contributed by atoms with van der Waals surface area (Å²) in [6.45, 7) is 2.57. The van der Waals surface area contributed by atoms with Gasteiger partial charge in [-0.2, -0.15) is 0 Å². The zero-order valence-corrected chi connectivity index (χ0v) is 20.3. The molecule has 1 N–H and O–H groups in total. The molecule has 1 spiro atoms. The van der Waals surface area contributed by atoms with E-state index in [1.54, 1.807) is 53.4 Å². The van der Waals surface area contributed by atoms with Crippen molar-refractivity contribution in [2.24, 2.45) is 0 Å². The summed E-state index contributed by atoms with van der Waals surface area (Å²) in [6, 6.07) is 13.8. The summed E-state index contributed by atoms with van der Waals surface area (Å²) in [7, 11) is 0. The SMILES string of the molecule is O=C(Nc1ccc(C(=O)N2CCC3(CC2)OCCO3)cc1)c1nnc(COc2ccc(Cl)cc2)s1. The van der Waals surface area contributed by atoms with Crippen molar-refractivity contribution >= 4 is 40.4 Å². The lowest BCUT2D eigenvalue weighted by atomic mass is 10.0. The topological polar surface area (TPSA) is 103 Å². The van der Waals surface area contributed by atoms with Crippen LogP contribution in [0.2, 0.25) is 5.02 Å². The normalized spacial score (nSPS) is 16.9. The van der Waals surface area contributed by atoms with Gasteiger partial charge in [0.25, 0.3) is 11.8 Å². The Labute approximate surface area is 211 Å². The van der Waals surface area contributed by atoms with Crippen molar-refractivity contribution in [2.75, 3.05) is 31.6 Å². The smallest absolute Gasteiger partial charge is 0.286 e. The molecule has 3 aromatic rings. The van der Waals surface area contributed by atoms with Gasteiger partial charge in [0, 0.05) is 42.2 Å². The van der Waals surface area contributed by atoms with Gasteiger partial charge in [-0.15, -0.1) is 10.2 Å². The van der Waals surface area contributed by atoms with E-state index in [1.165, 1.54) is 0 Å². The summed E-state index contributed by atoms with van der Waals surface area (Å²) in [4.78, 5) is 27.2. The van der Waals surface area contributed by atoms with E-state index < -0.39 is 5.79 Å². The highest BCUT2D eigenvalue weighted by molar-refractivity contribution is 7.13. The average Bonchev–Trinajstić information content (AvgIpc) is 3.54. The minimum atomic E-state index is -0.516. The van der Waals surface area contributed by atoms with Gasteiger partial charge in [-0.3, -0.25) is 9.59 Å². The molecule has 0 atom stereocenters. The van der Waals surface area contributed by atoms with Crippen LogP contribution < -0.4 is 10.1 Å². The molecule has 9 nitrogen and oxygen atoms in total. The predicted octanol–water partition coefficient (Wildman–Crippen LogP) is 4.00. The van der Waals surface area contributed by atoms with Gasteiger partial charge in [0.05, 0.1) is 13.2 Å². The molecule has 2 fully saturated rings. The molecule has 11 heteroatoms. The number of nitrogens with one attached hydrogen (secondary N) is 1. The van der Waals surface area contributed by atoms with E-state index in [0.29, 0.717) is 66.2 Å². The summed E-state index contributed by atoms with van der Waals surface area (Å²) in [5.74, 6) is -0.297. The maximum Gasteiger partial charge on any atom is 0.286 e. The fraction of sp³-hybridized carbons (Fsp3) is 0.333. The highest BCUT2D eigenvalue weighted by Crippen LogP contribution is 2.31. The van der Waals surface area contributed by atoms with Crippen LogP contribution in [0.4, 0.5) is 5.69 Å². The number of benzene rings is 2. The second-order valence-electron chi connectivity index (χ2n) is 8.17. The number of ether oxygens (including phenoxy) is 3. The number of carbonyl (C=O) groups excluding carboxylic acids is 2. The zero-order chi connectivity index (χ0) is 24.3. The number of hydrogen-bond donors (Lipinski definition) is 1. The maximum atomic E-state index is 12.9. The number of likely N-dealkylation sites (tertiary alicyclic amines) is 1. The summed E-state index contributed by atoms with van der Waals surface area (Å²) >= 11 is 7.02. The van der Waals surface area contributed by atoms with Crippen LogP contribution in [0, 0.1) is 0 Å². The minimum absolute atomic E-state index is 0.0508. The third-order valence-corrected chi connectivity index (χ3v) is 7.00. The van der Waals surface area contributed by atoms with Gasteiger partial charge in [-0.05, 0) is 48.5 Å². The molecule has 0 radical (unpaired) electrons. The van der Waals surface area contributed by atoms with Crippen molar-refractivity contribution in [1.82, 2.24) is 15.1 Å². The number of anilines is 1. The molecule has 35 heavy (non-hydrogen) atoms. The number of halogens is 1. The number of piperidine rings is 1. The first-order valence-corrected chi connectivity index (χ1v) is 12.4. The van der Waals surface area contributed by atoms with E-state index in [-0.39, 0.29) is 23.4 Å². The second-order valence-corrected chi connectivity index (χ2v) is 9.67. The number of nitrogens with zero attached hydrogens (tertiary/aromatic N) is 3.